The fraction of sp³-hybridized carbons (Fsp3) is 1.00. The molecule has 0 radical (unpaired) electrons. The quantitative estimate of drug-likeness (QED) is 0.640. The first-order chi connectivity index (χ1) is 8.01. The van der Waals surface area contributed by atoms with Crippen molar-refractivity contribution < 1.29 is 33.7 Å². The minimum atomic E-state index is -1.64. The van der Waals surface area contributed by atoms with Gasteiger partial charge in [-0.1, -0.05) is 0 Å². The zero-order valence-corrected chi connectivity index (χ0v) is 11.6. The topological polar surface area (TPSA) is 113 Å². The van der Waals surface area contributed by atoms with Crippen LogP contribution in [0.3, 0.4) is 0 Å². The summed E-state index contributed by atoms with van der Waals surface area (Å²) in [6.07, 6.45) is -5.30. The molecule has 10 heteroatoms. The molecule has 0 saturated carbocycles. The SMILES string of the molecule is C[C@H]1OC(COP(P=O)P=O)[C@H](O)C(O)[C@@H]1O. The Morgan fingerprint density at radius 3 is 2.29 bits per heavy atom. The van der Waals surface area contributed by atoms with Crippen molar-refractivity contribution in [3.8, 4) is 0 Å². The minimum Gasteiger partial charge on any atom is -0.388 e. The van der Waals surface area contributed by atoms with Gasteiger partial charge in [0.2, 0.25) is 23.8 Å². The lowest BCUT2D eigenvalue weighted by atomic mass is 9.96. The van der Waals surface area contributed by atoms with Crippen LogP contribution in [0.2, 0.25) is 0 Å². The van der Waals surface area contributed by atoms with Crippen molar-refractivity contribution in [2.24, 2.45) is 0 Å². The van der Waals surface area contributed by atoms with E-state index in [1.807, 2.05) is 0 Å². The van der Waals surface area contributed by atoms with Crippen LogP contribution in [-0.2, 0) is 18.4 Å². The summed E-state index contributed by atoms with van der Waals surface area (Å²) in [5.41, 5.74) is 0. The summed E-state index contributed by atoms with van der Waals surface area (Å²) in [5, 5.41) is 28.6. The van der Waals surface area contributed by atoms with E-state index in [0.717, 1.165) is 0 Å². The molecule has 0 aromatic heterocycles. The summed E-state index contributed by atoms with van der Waals surface area (Å²) in [7, 11) is -2.40. The summed E-state index contributed by atoms with van der Waals surface area (Å²) in [4.78, 5) is 0. The van der Waals surface area contributed by atoms with Gasteiger partial charge in [0, 0.05) is 0 Å². The molecule has 0 bridgehead atoms. The number of aliphatic hydroxyl groups is 3. The van der Waals surface area contributed by atoms with E-state index >= 15 is 0 Å². The van der Waals surface area contributed by atoms with Gasteiger partial charge in [-0.15, -0.1) is 0 Å². The Bertz CT molecular complexity index is 270. The van der Waals surface area contributed by atoms with Crippen molar-refractivity contribution in [2.45, 2.75) is 37.4 Å². The fourth-order valence-corrected chi connectivity index (χ4v) is 2.92. The van der Waals surface area contributed by atoms with Gasteiger partial charge in [0.1, 0.15) is 24.4 Å². The van der Waals surface area contributed by atoms with E-state index in [2.05, 4.69) is 0 Å². The van der Waals surface area contributed by atoms with E-state index in [9.17, 15) is 24.4 Å². The van der Waals surface area contributed by atoms with Gasteiger partial charge in [0.05, 0.1) is 12.7 Å². The largest absolute Gasteiger partial charge is 0.388 e. The minimum absolute atomic E-state index is 0.147. The molecule has 7 nitrogen and oxygen atoms in total. The highest BCUT2D eigenvalue weighted by Gasteiger charge is 2.42. The van der Waals surface area contributed by atoms with Gasteiger partial charge in [0.15, 0.2) is 0 Å². The molecule has 0 spiro atoms. The number of ether oxygens (including phenoxy) is 1. The zero-order chi connectivity index (χ0) is 13.0. The van der Waals surface area contributed by atoms with Crippen molar-refractivity contribution in [1.82, 2.24) is 0 Å². The van der Waals surface area contributed by atoms with Gasteiger partial charge in [-0.25, -0.2) is 0 Å². The predicted molar refractivity (Wildman–Crippen MR) is 60.4 cm³/mol. The van der Waals surface area contributed by atoms with Crippen LogP contribution < -0.4 is 0 Å². The van der Waals surface area contributed by atoms with Crippen LogP contribution in [0, 0.1) is 0 Å². The molecule has 1 aliphatic heterocycles. The normalized spacial score (nSPS) is 40.6. The van der Waals surface area contributed by atoms with Gasteiger partial charge >= 0.3 is 0 Å². The second-order valence-corrected chi connectivity index (χ2v) is 8.76. The summed E-state index contributed by atoms with van der Waals surface area (Å²) in [6, 6.07) is 0. The molecule has 0 aromatic rings. The molecule has 5 atom stereocenters. The average Bonchev–Trinajstić information content (AvgIpc) is 2.33. The maximum atomic E-state index is 10.5. The van der Waals surface area contributed by atoms with E-state index in [4.69, 9.17) is 9.26 Å². The number of aliphatic hydroxyl groups excluding tert-OH is 3. The Morgan fingerprint density at radius 2 is 1.76 bits per heavy atom. The van der Waals surface area contributed by atoms with Crippen LogP contribution >= 0.6 is 23.8 Å². The van der Waals surface area contributed by atoms with Crippen molar-refractivity contribution in [3.63, 3.8) is 0 Å². The average molecular weight is 302 g/mol. The molecule has 1 saturated heterocycles. The van der Waals surface area contributed by atoms with Gasteiger partial charge < -0.3 is 24.6 Å². The Hall–Kier alpha value is 0.430. The molecule has 98 valence electrons. The molecular formula is C7H13O7P3. The Morgan fingerprint density at radius 1 is 1.18 bits per heavy atom. The summed E-state index contributed by atoms with van der Waals surface area (Å²) in [5.74, 6) is 0. The van der Waals surface area contributed by atoms with Gasteiger partial charge in [-0.05, 0) is 6.92 Å². The first-order valence-electron chi connectivity index (χ1n) is 4.80. The standard InChI is InChI=1S/C7H13O7P3/c1-3-5(8)7(10)6(9)4(14-3)2-13-17(15-11)16-12/h3-10H,2H2,1H3/t3-,4?,5-,6+,7?/m1/s1. The third-order valence-corrected chi connectivity index (χ3v) is 5.95. The third kappa shape index (κ3) is 3.95. The summed E-state index contributed by atoms with van der Waals surface area (Å²) in [6.45, 7) is 1.40. The van der Waals surface area contributed by atoms with E-state index in [1.165, 1.54) is 0 Å². The first kappa shape index (κ1) is 15.5. The Kier molecular flexibility index (Phi) is 6.49. The number of hydrogen-bond acceptors (Lipinski definition) is 7. The van der Waals surface area contributed by atoms with Crippen molar-refractivity contribution in [3.05, 3.63) is 0 Å². The van der Waals surface area contributed by atoms with Crippen LogP contribution in [0.15, 0.2) is 0 Å². The molecule has 0 aliphatic carbocycles. The number of rotatable bonds is 5. The molecule has 1 rings (SSSR count). The van der Waals surface area contributed by atoms with Crippen molar-refractivity contribution in [2.75, 3.05) is 6.61 Å². The van der Waals surface area contributed by atoms with E-state index in [1.54, 1.807) is 6.92 Å². The van der Waals surface area contributed by atoms with Crippen LogP contribution in [0.25, 0.3) is 0 Å². The van der Waals surface area contributed by atoms with E-state index < -0.39 is 38.0 Å². The van der Waals surface area contributed by atoms with E-state index in [0.29, 0.717) is 0 Å². The lowest BCUT2D eigenvalue weighted by Crippen LogP contribution is -2.57. The summed E-state index contributed by atoms with van der Waals surface area (Å²) < 4.78 is 31.2. The molecular weight excluding hydrogens is 289 g/mol. The molecule has 1 heterocycles. The molecule has 1 aliphatic rings. The van der Waals surface area contributed by atoms with Crippen molar-refractivity contribution in [1.29, 1.82) is 0 Å². The van der Waals surface area contributed by atoms with Crippen LogP contribution in [0.4, 0.5) is 0 Å². The van der Waals surface area contributed by atoms with Gasteiger partial charge in [0.25, 0.3) is 0 Å². The highest BCUT2D eigenvalue weighted by atomic mass is 32.4. The third-order valence-electron chi connectivity index (χ3n) is 2.45. The molecule has 0 aromatic carbocycles. The highest BCUT2D eigenvalue weighted by Crippen LogP contribution is 2.60. The molecule has 17 heavy (non-hydrogen) atoms. The predicted octanol–water partition coefficient (Wildman–Crippen LogP) is 0.683. The Balaban J connectivity index is 2.53. The maximum absolute atomic E-state index is 10.5. The summed E-state index contributed by atoms with van der Waals surface area (Å²) >= 11 is 0. The first-order valence-corrected chi connectivity index (χ1v) is 9.10. The van der Waals surface area contributed by atoms with Crippen molar-refractivity contribution >= 4 is 23.8 Å². The highest BCUT2D eigenvalue weighted by molar-refractivity contribution is 8.44. The maximum Gasteiger partial charge on any atom is 0.224 e. The fourth-order valence-electron chi connectivity index (χ4n) is 1.48. The Labute approximate surface area is 102 Å². The molecule has 2 unspecified atom stereocenters. The van der Waals surface area contributed by atoms with Crippen LogP contribution in [-0.4, -0.2) is 52.4 Å². The molecule has 0 amide bonds. The lowest BCUT2D eigenvalue weighted by Gasteiger charge is -2.39. The molecule has 3 N–H and O–H groups in total. The lowest BCUT2D eigenvalue weighted by molar-refractivity contribution is -0.222. The second kappa shape index (κ2) is 7.13. The van der Waals surface area contributed by atoms with Gasteiger partial charge in [-0.3, -0.25) is 9.13 Å². The number of hydrogen-bond donors (Lipinski definition) is 3. The van der Waals surface area contributed by atoms with Crippen LogP contribution in [0.5, 0.6) is 0 Å². The zero-order valence-electron chi connectivity index (χ0n) is 8.91. The second-order valence-electron chi connectivity index (χ2n) is 3.56. The van der Waals surface area contributed by atoms with Gasteiger partial charge in [-0.2, -0.15) is 0 Å². The smallest absolute Gasteiger partial charge is 0.224 e. The van der Waals surface area contributed by atoms with E-state index in [-0.39, 0.29) is 22.9 Å². The monoisotopic (exact) mass is 302 g/mol. The van der Waals surface area contributed by atoms with Crippen LogP contribution in [0.1, 0.15) is 6.92 Å². The molecule has 1 fully saturated rings.